The first kappa shape index (κ1) is 18.4. The number of benzene rings is 2. The van der Waals surface area contributed by atoms with Gasteiger partial charge in [-0.25, -0.2) is 9.18 Å². The molecule has 2 amide bonds. The largest absolute Gasteiger partial charge is 0.464 e. The van der Waals surface area contributed by atoms with Crippen molar-refractivity contribution in [3.8, 4) is 5.75 Å². The molecule has 1 aliphatic heterocycles. The Balaban J connectivity index is 1.84. The molecule has 0 radical (unpaired) electrons. The minimum absolute atomic E-state index is 0.0989. The zero-order chi connectivity index (χ0) is 19.6. The summed E-state index contributed by atoms with van der Waals surface area (Å²) in [6.07, 6.45) is 0. The number of hydrogen-bond acceptors (Lipinski definition) is 5. The molecular weight excluding hydrogens is 355 g/mol. The Morgan fingerprint density at radius 3 is 2.74 bits per heavy atom. The normalized spacial score (nSPS) is 18.0. The van der Waals surface area contributed by atoms with Crippen LogP contribution in [-0.2, 0) is 14.3 Å². The molecule has 0 spiro atoms. The molecule has 0 aliphatic carbocycles. The number of hydrogen-bond donors (Lipinski definition) is 2. The Hall–Kier alpha value is -3.42. The molecule has 0 fully saturated rings. The molecular formula is C19H17FN2O5. The lowest BCUT2D eigenvalue weighted by atomic mass is 10.0. The van der Waals surface area contributed by atoms with Gasteiger partial charge in [0.25, 0.3) is 17.4 Å². The van der Waals surface area contributed by atoms with E-state index in [4.69, 9.17) is 9.47 Å². The third-order valence-corrected chi connectivity index (χ3v) is 3.99. The smallest absolute Gasteiger partial charge is 0.360 e. The number of carbonyl (C=O) groups excluding carboxylic acids is 3. The lowest BCUT2D eigenvalue weighted by molar-refractivity contribution is -0.165. The highest BCUT2D eigenvalue weighted by molar-refractivity contribution is 6.14. The van der Waals surface area contributed by atoms with Gasteiger partial charge in [-0.1, -0.05) is 6.07 Å². The zero-order valence-electron chi connectivity index (χ0n) is 14.7. The first-order valence-electron chi connectivity index (χ1n) is 8.22. The molecule has 8 heteroatoms. The van der Waals surface area contributed by atoms with Gasteiger partial charge in [0.2, 0.25) is 0 Å². The molecule has 7 nitrogen and oxygen atoms in total. The number of halogens is 1. The number of carbonyl (C=O) groups is 3. The molecule has 0 aromatic heterocycles. The minimum atomic E-state index is -1.84. The van der Waals surface area contributed by atoms with Crippen molar-refractivity contribution in [2.24, 2.45) is 0 Å². The van der Waals surface area contributed by atoms with Crippen LogP contribution in [0.2, 0.25) is 0 Å². The van der Waals surface area contributed by atoms with E-state index in [0.717, 1.165) is 6.07 Å². The van der Waals surface area contributed by atoms with Crippen LogP contribution < -0.4 is 15.4 Å². The first-order chi connectivity index (χ1) is 12.8. The van der Waals surface area contributed by atoms with Gasteiger partial charge in [0.15, 0.2) is 0 Å². The summed E-state index contributed by atoms with van der Waals surface area (Å²) < 4.78 is 23.8. The number of anilines is 2. The molecule has 1 unspecified atom stereocenters. The summed E-state index contributed by atoms with van der Waals surface area (Å²) in [5.41, 5.74) is -0.983. The number of nitrogens with one attached hydrogen (secondary N) is 2. The van der Waals surface area contributed by atoms with Gasteiger partial charge in [0, 0.05) is 17.3 Å². The third-order valence-electron chi connectivity index (χ3n) is 3.99. The highest BCUT2D eigenvalue weighted by Gasteiger charge is 2.48. The van der Waals surface area contributed by atoms with E-state index in [1.165, 1.54) is 37.3 Å². The summed E-state index contributed by atoms with van der Waals surface area (Å²) >= 11 is 0. The van der Waals surface area contributed by atoms with Crippen LogP contribution in [0.1, 0.15) is 24.2 Å². The van der Waals surface area contributed by atoms with Crippen LogP contribution in [0.5, 0.6) is 5.75 Å². The van der Waals surface area contributed by atoms with Gasteiger partial charge in [-0.2, -0.15) is 0 Å². The van der Waals surface area contributed by atoms with Crippen LogP contribution in [0.25, 0.3) is 0 Å². The molecule has 1 heterocycles. The number of ether oxygens (including phenoxy) is 2. The van der Waals surface area contributed by atoms with Gasteiger partial charge in [-0.15, -0.1) is 0 Å². The number of rotatable bonds is 4. The Morgan fingerprint density at radius 2 is 2.04 bits per heavy atom. The maximum absolute atomic E-state index is 13.3. The van der Waals surface area contributed by atoms with Crippen molar-refractivity contribution in [2.75, 3.05) is 17.2 Å². The Morgan fingerprint density at radius 1 is 1.26 bits per heavy atom. The Kier molecular flexibility index (Phi) is 4.81. The average molecular weight is 372 g/mol. The van der Waals surface area contributed by atoms with E-state index in [-0.39, 0.29) is 17.9 Å². The van der Waals surface area contributed by atoms with Crippen LogP contribution in [0.3, 0.4) is 0 Å². The van der Waals surface area contributed by atoms with E-state index in [1.54, 1.807) is 13.0 Å². The molecule has 27 heavy (non-hydrogen) atoms. The van der Waals surface area contributed by atoms with Crippen LogP contribution in [-0.4, -0.2) is 30.0 Å². The second-order valence-corrected chi connectivity index (χ2v) is 5.99. The fourth-order valence-corrected chi connectivity index (χ4v) is 2.53. The van der Waals surface area contributed by atoms with E-state index in [0.29, 0.717) is 11.4 Å². The molecule has 1 aliphatic rings. The average Bonchev–Trinajstić information content (AvgIpc) is 2.63. The predicted octanol–water partition coefficient (Wildman–Crippen LogP) is 2.73. The van der Waals surface area contributed by atoms with Gasteiger partial charge in [-0.05, 0) is 44.2 Å². The monoisotopic (exact) mass is 372 g/mol. The molecule has 1 atom stereocenters. The van der Waals surface area contributed by atoms with Crippen LogP contribution >= 0.6 is 0 Å². The third kappa shape index (κ3) is 3.59. The fourth-order valence-electron chi connectivity index (χ4n) is 2.53. The molecule has 3 rings (SSSR count). The summed E-state index contributed by atoms with van der Waals surface area (Å²) in [4.78, 5) is 36.6. The Bertz CT molecular complexity index is 930. The Labute approximate surface area is 154 Å². The lowest BCUT2D eigenvalue weighted by Gasteiger charge is -2.32. The van der Waals surface area contributed by atoms with Gasteiger partial charge in [0.05, 0.1) is 12.3 Å². The van der Waals surface area contributed by atoms with Crippen molar-refractivity contribution < 1.29 is 28.2 Å². The van der Waals surface area contributed by atoms with Crippen LogP contribution in [0.4, 0.5) is 15.8 Å². The minimum Gasteiger partial charge on any atom is -0.464 e. The predicted molar refractivity (Wildman–Crippen MR) is 95.1 cm³/mol. The quantitative estimate of drug-likeness (QED) is 0.636. The highest BCUT2D eigenvalue weighted by Crippen LogP contribution is 2.36. The maximum atomic E-state index is 13.3. The first-order valence-corrected chi connectivity index (χ1v) is 8.22. The second-order valence-electron chi connectivity index (χ2n) is 5.99. The summed E-state index contributed by atoms with van der Waals surface area (Å²) in [7, 11) is 0. The number of amides is 2. The topological polar surface area (TPSA) is 93.7 Å². The molecule has 0 saturated heterocycles. The van der Waals surface area contributed by atoms with Crippen molar-refractivity contribution in [3.05, 3.63) is 53.8 Å². The zero-order valence-corrected chi connectivity index (χ0v) is 14.7. The highest BCUT2D eigenvalue weighted by atomic mass is 19.1. The lowest BCUT2D eigenvalue weighted by Crippen LogP contribution is -2.55. The SMILES string of the molecule is CCOC(=O)C1(C)Oc2cc(NC(=O)c3cccc(F)c3)ccc2NC1=O. The molecule has 2 N–H and O–H groups in total. The van der Waals surface area contributed by atoms with Crippen molar-refractivity contribution >= 4 is 29.2 Å². The van der Waals surface area contributed by atoms with Crippen LogP contribution in [0.15, 0.2) is 42.5 Å². The van der Waals surface area contributed by atoms with Crippen molar-refractivity contribution in [1.29, 1.82) is 0 Å². The van der Waals surface area contributed by atoms with Gasteiger partial charge < -0.3 is 20.1 Å². The molecule has 0 bridgehead atoms. The summed E-state index contributed by atoms with van der Waals surface area (Å²) in [6, 6.07) is 9.80. The summed E-state index contributed by atoms with van der Waals surface area (Å²) in [5, 5.41) is 5.20. The van der Waals surface area contributed by atoms with Gasteiger partial charge >= 0.3 is 5.97 Å². The van der Waals surface area contributed by atoms with E-state index in [1.807, 2.05) is 0 Å². The fraction of sp³-hybridized carbons (Fsp3) is 0.211. The molecule has 2 aromatic carbocycles. The van der Waals surface area contributed by atoms with Crippen molar-refractivity contribution in [3.63, 3.8) is 0 Å². The molecule has 140 valence electrons. The standard InChI is InChI=1S/C19H17FN2O5/c1-3-26-18(25)19(2)17(24)22-14-8-7-13(10-15(14)27-19)21-16(23)11-5-4-6-12(20)9-11/h4-10H,3H2,1-2H3,(H,21,23)(H,22,24). The summed E-state index contributed by atoms with van der Waals surface area (Å²) in [5.74, 6) is -2.30. The molecule has 0 saturated carbocycles. The maximum Gasteiger partial charge on any atom is 0.360 e. The van der Waals surface area contributed by atoms with Crippen molar-refractivity contribution in [2.45, 2.75) is 19.4 Å². The van der Waals surface area contributed by atoms with Gasteiger partial charge in [-0.3, -0.25) is 9.59 Å². The van der Waals surface area contributed by atoms with Crippen LogP contribution in [0, 0.1) is 5.82 Å². The summed E-state index contributed by atoms with van der Waals surface area (Å²) in [6.45, 7) is 3.03. The van der Waals surface area contributed by atoms with E-state index in [2.05, 4.69) is 10.6 Å². The number of fused-ring (bicyclic) bond motifs is 1. The van der Waals surface area contributed by atoms with E-state index in [9.17, 15) is 18.8 Å². The van der Waals surface area contributed by atoms with Crippen molar-refractivity contribution in [1.82, 2.24) is 0 Å². The van der Waals surface area contributed by atoms with Gasteiger partial charge in [0.1, 0.15) is 11.6 Å². The second kappa shape index (κ2) is 7.06. The van der Waals surface area contributed by atoms with E-state index < -0.39 is 29.2 Å². The van der Waals surface area contributed by atoms with E-state index >= 15 is 0 Å². The number of esters is 1. The molecule has 2 aromatic rings.